The van der Waals surface area contributed by atoms with Crippen LogP contribution in [0.25, 0.3) is 11.2 Å². The van der Waals surface area contributed by atoms with Crippen LogP contribution in [0, 0.1) is 0 Å². The van der Waals surface area contributed by atoms with E-state index in [-0.39, 0.29) is 61.6 Å². The first kappa shape index (κ1) is 63.7. The van der Waals surface area contributed by atoms with Gasteiger partial charge in [0.25, 0.3) is 11.5 Å². The third-order valence-electron chi connectivity index (χ3n) is 11.5. The molecule has 7 amide bonds. The van der Waals surface area contributed by atoms with E-state index in [0.29, 0.717) is 11.4 Å². The smallest absolute Gasteiger partial charge is 0.303 e. The van der Waals surface area contributed by atoms with E-state index in [0.717, 1.165) is 0 Å². The average Bonchev–Trinajstić information content (AvgIpc) is 3.40. The van der Waals surface area contributed by atoms with E-state index in [2.05, 4.69) is 57.2 Å². The first-order valence-electron chi connectivity index (χ1n) is 24.0. The lowest BCUT2D eigenvalue weighted by Gasteiger charge is -2.26. The standard InChI is InChI=1S/C45H67N13O19/c46-39(73)24(7-10-31(65)48-15-13-27(61)36(70)29(63)19-59)55-43(76)26(9-12-34(68)69)56-42(75)25(8-11-32(66)51-18-28(62)37(71)38(72)30(64)20-60)54-33(67)2-1-14-49-41(74)21-3-5-22(6-4-21)50-16-23-17-52-40-35(53-23)44(77)58-45(47)57-40/h3-6,17,24-30,36-38,50,59-64,70-72H,1-2,7-16,18-20H2,(H2,46,73)(H,48,65)(H,49,74)(H,51,66)(H,54,67)(H,55,76)(H,56,75)(H,68,69)(H3,47,52,57,58,77)/t24-,25-,26-,27+,28-,29+,30+,36-,37+,38+/m0/s1. The van der Waals surface area contributed by atoms with Gasteiger partial charge in [0.1, 0.15) is 48.6 Å². The highest BCUT2D eigenvalue weighted by Crippen LogP contribution is 2.13. The van der Waals surface area contributed by atoms with Crippen LogP contribution in [0.15, 0.2) is 35.3 Å². The van der Waals surface area contributed by atoms with Crippen molar-refractivity contribution in [3.8, 4) is 0 Å². The lowest BCUT2D eigenvalue weighted by molar-refractivity contribution is -0.138. The molecule has 0 spiro atoms. The molecule has 2 heterocycles. The summed E-state index contributed by atoms with van der Waals surface area (Å²) in [5.74, 6) is -7.83. The largest absolute Gasteiger partial charge is 0.481 e. The van der Waals surface area contributed by atoms with Gasteiger partial charge in [-0.25, -0.2) is 9.97 Å². The minimum absolute atomic E-state index is 0.00215. The number of H-pyrrole nitrogens is 1. The van der Waals surface area contributed by atoms with Crippen LogP contribution in [0.1, 0.15) is 73.8 Å². The van der Waals surface area contributed by atoms with Crippen LogP contribution in [0.5, 0.6) is 0 Å². The normalized spacial score (nSPS) is 15.2. The second-order valence-electron chi connectivity index (χ2n) is 17.5. The Hall–Kier alpha value is -7.56. The Labute approximate surface area is 437 Å². The van der Waals surface area contributed by atoms with E-state index in [1.165, 1.54) is 18.3 Å². The maximum absolute atomic E-state index is 13.8. The molecule has 0 aliphatic heterocycles. The number of hydrogen-bond donors (Lipinski definition) is 20. The predicted octanol–water partition coefficient (Wildman–Crippen LogP) is -8.08. The molecule has 0 bridgehead atoms. The Morgan fingerprint density at radius 2 is 1.19 bits per heavy atom. The average molecular weight is 1090 g/mol. The Balaban J connectivity index is 1.64. The molecule has 32 nitrogen and oxygen atoms in total. The summed E-state index contributed by atoms with van der Waals surface area (Å²) in [6.07, 6.45) is -15.0. The van der Waals surface area contributed by atoms with Crippen LogP contribution in [0.2, 0.25) is 0 Å². The Bertz CT molecular complexity index is 2520. The van der Waals surface area contributed by atoms with E-state index >= 15 is 0 Å². The number of aliphatic carboxylic acids is 1. The lowest BCUT2D eigenvalue weighted by atomic mass is 10.0. The van der Waals surface area contributed by atoms with Gasteiger partial charge in [-0.2, -0.15) is 4.98 Å². The van der Waals surface area contributed by atoms with Gasteiger partial charge in [0.2, 0.25) is 41.4 Å². The number of nitrogens with zero attached hydrogens (tertiary/aromatic N) is 3. The highest BCUT2D eigenvalue weighted by atomic mass is 16.4. The van der Waals surface area contributed by atoms with Crippen LogP contribution in [-0.4, -0.2) is 212 Å². The Kier molecular flexibility index (Phi) is 26.6. The molecule has 0 aliphatic carbocycles. The second kappa shape index (κ2) is 32.1. The molecule has 2 aromatic heterocycles. The summed E-state index contributed by atoms with van der Waals surface area (Å²) in [5.41, 5.74) is 11.8. The predicted molar refractivity (Wildman–Crippen MR) is 265 cm³/mol. The summed E-state index contributed by atoms with van der Waals surface area (Å²) in [6.45, 7) is -2.61. The number of aliphatic hydroxyl groups excluding tert-OH is 9. The number of fused-ring (bicyclic) bond motifs is 1. The zero-order valence-electron chi connectivity index (χ0n) is 41.4. The topological polar surface area (TPSA) is 547 Å². The minimum atomic E-state index is -2.03. The van der Waals surface area contributed by atoms with Gasteiger partial charge in [0.15, 0.2) is 11.2 Å². The van der Waals surface area contributed by atoms with Gasteiger partial charge in [-0.15, -0.1) is 0 Å². The number of nitrogens with one attached hydrogen (secondary N) is 8. The van der Waals surface area contributed by atoms with Crippen LogP contribution in [0.3, 0.4) is 0 Å². The van der Waals surface area contributed by atoms with Gasteiger partial charge in [-0.3, -0.25) is 48.1 Å². The molecule has 3 rings (SSSR count). The minimum Gasteiger partial charge on any atom is -0.481 e. The molecule has 0 saturated carbocycles. The van der Waals surface area contributed by atoms with Crippen molar-refractivity contribution in [1.29, 1.82) is 0 Å². The molecule has 1 aromatic carbocycles. The van der Waals surface area contributed by atoms with Gasteiger partial charge in [-0.05, 0) is 56.4 Å². The number of carboxylic acid groups (broad SMARTS) is 1. The number of rotatable bonds is 35. The van der Waals surface area contributed by atoms with Crippen LogP contribution >= 0.6 is 0 Å². The summed E-state index contributed by atoms with van der Waals surface area (Å²) in [4.78, 5) is 130. The number of carbonyl (C=O) groups is 8. The number of anilines is 2. The number of benzene rings is 1. The quantitative estimate of drug-likeness (QED) is 0.0243. The number of nitrogens with two attached hydrogens (primary N) is 2. The first-order valence-corrected chi connectivity index (χ1v) is 24.0. The summed E-state index contributed by atoms with van der Waals surface area (Å²) in [5, 5.41) is 114. The number of carbonyl (C=O) groups excluding carboxylic acids is 7. The molecule has 32 heteroatoms. The molecular weight excluding hydrogens is 1030 g/mol. The van der Waals surface area contributed by atoms with E-state index < -0.39 is 172 Å². The van der Waals surface area contributed by atoms with Crippen molar-refractivity contribution in [3.05, 3.63) is 52.1 Å². The number of carboxylic acids is 1. The first-order chi connectivity index (χ1) is 36.4. The van der Waals surface area contributed by atoms with Gasteiger partial charge in [0, 0.05) is 56.6 Å². The van der Waals surface area contributed by atoms with E-state index in [4.69, 9.17) is 21.7 Å². The van der Waals surface area contributed by atoms with Crippen molar-refractivity contribution >= 4 is 70.1 Å². The van der Waals surface area contributed by atoms with Crippen LogP contribution in [-0.2, 0) is 40.1 Å². The number of aliphatic hydroxyl groups is 9. The Morgan fingerprint density at radius 1 is 0.623 bits per heavy atom. The molecule has 0 aliphatic rings. The zero-order chi connectivity index (χ0) is 57.4. The van der Waals surface area contributed by atoms with Gasteiger partial charge >= 0.3 is 5.97 Å². The maximum Gasteiger partial charge on any atom is 0.303 e. The van der Waals surface area contributed by atoms with Crippen molar-refractivity contribution in [3.63, 3.8) is 0 Å². The van der Waals surface area contributed by atoms with Crippen molar-refractivity contribution in [2.24, 2.45) is 5.73 Å². The second-order valence-corrected chi connectivity index (χ2v) is 17.5. The number of primary amides is 1. The van der Waals surface area contributed by atoms with Gasteiger partial charge < -0.3 is 99.8 Å². The van der Waals surface area contributed by atoms with E-state index in [9.17, 15) is 84.0 Å². The van der Waals surface area contributed by atoms with Crippen molar-refractivity contribution in [2.45, 2.75) is 125 Å². The third-order valence-corrected chi connectivity index (χ3v) is 11.5. The van der Waals surface area contributed by atoms with E-state index in [1.807, 2.05) is 0 Å². The molecule has 0 radical (unpaired) electrons. The molecule has 10 atom stereocenters. The molecular formula is C45H67N13O19. The fourth-order valence-electron chi connectivity index (χ4n) is 6.97. The molecule has 77 heavy (non-hydrogen) atoms. The van der Waals surface area contributed by atoms with Crippen LogP contribution < -0.4 is 54.2 Å². The molecule has 0 unspecified atom stereocenters. The SMILES string of the molecule is NC(=O)[C@H](CCC(=O)NCC[C@@H](O)[C@H](O)[C@H](O)CO)NC(=O)[C@H](CCC(=O)O)NC(=O)[C@H](CCC(=O)NC[C@H](O)[C@@H](O)[C@H](O)[C@H](O)CO)NC(=O)CCCNC(=O)c1ccc(NCc2cnc3nc(N)[nH]c(=O)c3n2)cc1. The summed E-state index contributed by atoms with van der Waals surface area (Å²) in [7, 11) is 0. The van der Waals surface area contributed by atoms with Gasteiger partial charge in [0.05, 0.1) is 43.9 Å². The highest BCUT2D eigenvalue weighted by molar-refractivity contribution is 5.95. The van der Waals surface area contributed by atoms with Crippen molar-refractivity contribution in [1.82, 2.24) is 51.8 Å². The van der Waals surface area contributed by atoms with E-state index in [1.54, 1.807) is 12.1 Å². The zero-order valence-corrected chi connectivity index (χ0v) is 41.4. The number of nitrogen functional groups attached to an aromatic ring is 1. The van der Waals surface area contributed by atoms with Crippen molar-refractivity contribution in [2.75, 3.05) is 43.9 Å². The fraction of sp³-hybridized carbons (Fsp3) is 0.556. The number of aromatic nitrogens is 4. The lowest BCUT2D eigenvalue weighted by Crippen LogP contribution is -2.56. The molecule has 426 valence electrons. The molecule has 22 N–H and O–H groups in total. The van der Waals surface area contributed by atoms with Crippen LogP contribution in [0.4, 0.5) is 11.6 Å². The molecule has 3 aromatic rings. The summed E-state index contributed by atoms with van der Waals surface area (Å²) in [6, 6.07) is 1.30. The number of aromatic amines is 1. The molecule has 0 fully saturated rings. The summed E-state index contributed by atoms with van der Waals surface area (Å²) >= 11 is 0. The van der Waals surface area contributed by atoms with Gasteiger partial charge in [-0.1, -0.05) is 0 Å². The molecule has 0 saturated heterocycles. The monoisotopic (exact) mass is 1090 g/mol. The van der Waals surface area contributed by atoms with Crippen molar-refractivity contribution < 1.29 is 89.4 Å². The highest BCUT2D eigenvalue weighted by Gasteiger charge is 2.32. The number of amides is 7. The maximum atomic E-state index is 13.8. The Morgan fingerprint density at radius 3 is 1.82 bits per heavy atom. The number of hydrogen-bond acceptors (Lipinski definition) is 23. The third kappa shape index (κ3) is 21.9. The summed E-state index contributed by atoms with van der Waals surface area (Å²) < 4.78 is 0. The fourth-order valence-corrected chi connectivity index (χ4v) is 6.97.